The second-order valence-corrected chi connectivity index (χ2v) is 7.50. The smallest absolute Gasteiger partial charge is 0.133 e. The number of nitrogens with zero attached hydrogens (tertiary/aromatic N) is 2. The molecule has 27 heavy (non-hydrogen) atoms. The molecule has 0 amide bonds. The van der Waals surface area contributed by atoms with Crippen molar-refractivity contribution in [3.8, 4) is 16.9 Å². The Morgan fingerprint density at radius 2 is 1.70 bits per heavy atom. The van der Waals surface area contributed by atoms with Gasteiger partial charge in [0.05, 0.1) is 11.4 Å². The lowest BCUT2D eigenvalue weighted by atomic mass is 9.99. The van der Waals surface area contributed by atoms with Gasteiger partial charge in [-0.15, -0.1) is 0 Å². The number of anilines is 1. The monoisotopic (exact) mass is 353 g/mol. The fraction of sp³-hybridized carbons (Fsp3) is 0.208. The summed E-state index contributed by atoms with van der Waals surface area (Å²) < 4.78 is 2.12. The van der Waals surface area contributed by atoms with E-state index in [4.69, 9.17) is 5.10 Å². The van der Waals surface area contributed by atoms with Gasteiger partial charge in [0.15, 0.2) is 0 Å². The average Bonchev–Trinajstić information content (AvgIpc) is 3.30. The molecule has 0 aliphatic carbocycles. The van der Waals surface area contributed by atoms with E-state index in [0.717, 1.165) is 24.5 Å². The van der Waals surface area contributed by atoms with Crippen molar-refractivity contribution in [2.24, 2.45) is 0 Å². The van der Waals surface area contributed by atoms with Crippen LogP contribution in [0.3, 0.4) is 0 Å². The Balaban J connectivity index is 1.77. The second-order valence-electron chi connectivity index (χ2n) is 7.50. The van der Waals surface area contributed by atoms with Crippen LogP contribution < -0.4 is 5.32 Å². The van der Waals surface area contributed by atoms with Gasteiger partial charge in [-0.05, 0) is 34.7 Å². The van der Waals surface area contributed by atoms with Crippen LogP contribution in [0.25, 0.3) is 27.7 Å². The summed E-state index contributed by atoms with van der Waals surface area (Å²) >= 11 is 0. The van der Waals surface area contributed by atoms with E-state index < -0.39 is 0 Å². The van der Waals surface area contributed by atoms with Crippen molar-refractivity contribution in [1.29, 1.82) is 0 Å². The van der Waals surface area contributed by atoms with Gasteiger partial charge in [0.25, 0.3) is 0 Å². The van der Waals surface area contributed by atoms with Crippen LogP contribution in [0.15, 0.2) is 66.7 Å². The Morgan fingerprint density at radius 1 is 0.926 bits per heavy atom. The molecule has 1 aromatic heterocycles. The molecule has 4 aromatic rings. The zero-order chi connectivity index (χ0) is 18.4. The maximum atomic E-state index is 5.12. The number of nitrogens with one attached hydrogen (secondary N) is 1. The summed E-state index contributed by atoms with van der Waals surface area (Å²) in [5, 5.41) is 11.2. The number of fused-ring (bicyclic) bond motifs is 2. The molecule has 1 aliphatic rings. The van der Waals surface area contributed by atoms with Gasteiger partial charge in [0, 0.05) is 17.7 Å². The summed E-state index contributed by atoms with van der Waals surface area (Å²) in [5.74, 6) is 1.59. The van der Waals surface area contributed by atoms with Gasteiger partial charge in [0.2, 0.25) is 0 Å². The third-order valence-electron chi connectivity index (χ3n) is 5.48. The molecule has 3 heteroatoms. The summed E-state index contributed by atoms with van der Waals surface area (Å²) in [4.78, 5) is 0. The minimum absolute atomic E-state index is 0.448. The third-order valence-corrected chi connectivity index (χ3v) is 5.48. The standard InChI is InChI=1S/C24H23N3/c1-16(2)18-10-5-6-13-22(18)27-24-21(14-15-25-24)23(26-27)20-12-7-9-17-8-3-4-11-19(17)20/h3-13,16,25H,14-15H2,1-2H3. The molecule has 134 valence electrons. The van der Waals surface area contributed by atoms with Gasteiger partial charge >= 0.3 is 0 Å². The number of aromatic nitrogens is 2. The molecule has 0 unspecified atom stereocenters. The highest BCUT2D eigenvalue weighted by molar-refractivity contribution is 5.97. The quantitative estimate of drug-likeness (QED) is 0.506. The summed E-state index contributed by atoms with van der Waals surface area (Å²) in [7, 11) is 0. The first-order valence-corrected chi connectivity index (χ1v) is 9.67. The van der Waals surface area contributed by atoms with Crippen LogP contribution in [-0.2, 0) is 6.42 Å². The zero-order valence-corrected chi connectivity index (χ0v) is 15.7. The van der Waals surface area contributed by atoms with Gasteiger partial charge in [-0.3, -0.25) is 0 Å². The number of para-hydroxylation sites is 1. The first-order valence-electron chi connectivity index (χ1n) is 9.67. The number of benzene rings is 3. The molecule has 1 aliphatic heterocycles. The van der Waals surface area contributed by atoms with Crippen molar-refractivity contribution < 1.29 is 0 Å². The van der Waals surface area contributed by atoms with E-state index in [9.17, 15) is 0 Å². The van der Waals surface area contributed by atoms with Crippen LogP contribution >= 0.6 is 0 Å². The van der Waals surface area contributed by atoms with Gasteiger partial charge in [-0.25, -0.2) is 4.68 Å². The first-order chi connectivity index (χ1) is 13.2. The Bertz CT molecular complexity index is 1130. The lowest BCUT2D eigenvalue weighted by Crippen LogP contribution is -2.07. The van der Waals surface area contributed by atoms with Crippen molar-refractivity contribution in [2.45, 2.75) is 26.2 Å². The highest BCUT2D eigenvalue weighted by atomic mass is 15.3. The molecule has 0 bridgehead atoms. The van der Waals surface area contributed by atoms with Crippen LogP contribution in [0.5, 0.6) is 0 Å². The Labute approximate surface area is 159 Å². The van der Waals surface area contributed by atoms with Crippen LogP contribution in [0.1, 0.15) is 30.9 Å². The molecule has 0 saturated carbocycles. The van der Waals surface area contributed by atoms with Gasteiger partial charge in [-0.1, -0.05) is 74.5 Å². The van der Waals surface area contributed by atoms with Crippen LogP contribution in [0, 0.1) is 0 Å². The molecule has 3 nitrogen and oxygen atoms in total. The molecular weight excluding hydrogens is 330 g/mol. The maximum Gasteiger partial charge on any atom is 0.133 e. The highest BCUT2D eigenvalue weighted by Crippen LogP contribution is 2.38. The third kappa shape index (κ3) is 2.54. The average molecular weight is 353 g/mol. The Hall–Kier alpha value is -3.07. The minimum Gasteiger partial charge on any atom is -0.369 e. The number of hydrogen-bond donors (Lipinski definition) is 1. The maximum absolute atomic E-state index is 5.12. The van der Waals surface area contributed by atoms with Gasteiger partial charge in [0.1, 0.15) is 5.82 Å². The van der Waals surface area contributed by atoms with E-state index in [1.165, 1.54) is 33.2 Å². The largest absolute Gasteiger partial charge is 0.369 e. The van der Waals surface area contributed by atoms with Crippen LogP contribution in [-0.4, -0.2) is 16.3 Å². The van der Waals surface area contributed by atoms with Crippen LogP contribution in [0.4, 0.5) is 5.82 Å². The van der Waals surface area contributed by atoms with Crippen molar-refractivity contribution >= 4 is 16.6 Å². The summed E-state index contributed by atoms with van der Waals surface area (Å²) in [6.45, 7) is 5.44. The lowest BCUT2D eigenvalue weighted by Gasteiger charge is -2.14. The fourth-order valence-electron chi connectivity index (χ4n) is 4.17. The molecule has 0 radical (unpaired) electrons. The van der Waals surface area contributed by atoms with E-state index in [2.05, 4.69) is 90.6 Å². The van der Waals surface area contributed by atoms with Crippen molar-refractivity contribution in [2.75, 3.05) is 11.9 Å². The van der Waals surface area contributed by atoms with E-state index >= 15 is 0 Å². The predicted molar refractivity (Wildman–Crippen MR) is 113 cm³/mol. The van der Waals surface area contributed by atoms with Crippen molar-refractivity contribution in [1.82, 2.24) is 9.78 Å². The summed E-state index contributed by atoms with van der Waals surface area (Å²) in [5.41, 5.74) is 6.13. The minimum atomic E-state index is 0.448. The van der Waals surface area contributed by atoms with E-state index in [0.29, 0.717) is 5.92 Å². The predicted octanol–water partition coefficient (Wildman–Crippen LogP) is 5.78. The molecule has 0 spiro atoms. The van der Waals surface area contributed by atoms with Gasteiger partial charge in [-0.2, -0.15) is 5.10 Å². The number of rotatable bonds is 3. The topological polar surface area (TPSA) is 29.9 Å². The first kappa shape index (κ1) is 16.1. The normalized spacial score (nSPS) is 13.1. The van der Waals surface area contributed by atoms with Crippen molar-refractivity contribution in [3.05, 3.63) is 77.9 Å². The second kappa shape index (κ2) is 6.27. The zero-order valence-electron chi connectivity index (χ0n) is 15.7. The Kier molecular flexibility index (Phi) is 3.75. The van der Waals surface area contributed by atoms with E-state index in [1.54, 1.807) is 0 Å². The van der Waals surface area contributed by atoms with E-state index in [-0.39, 0.29) is 0 Å². The van der Waals surface area contributed by atoms with Gasteiger partial charge < -0.3 is 5.32 Å². The lowest BCUT2D eigenvalue weighted by molar-refractivity contribution is 0.812. The molecule has 0 atom stereocenters. The molecule has 0 saturated heterocycles. The molecule has 0 fully saturated rings. The molecule has 3 aromatic carbocycles. The molecule has 2 heterocycles. The van der Waals surface area contributed by atoms with Crippen molar-refractivity contribution in [3.63, 3.8) is 0 Å². The molecular formula is C24H23N3. The highest BCUT2D eigenvalue weighted by Gasteiger charge is 2.25. The molecule has 1 N–H and O–H groups in total. The van der Waals surface area contributed by atoms with E-state index in [1.807, 2.05) is 0 Å². The number of hydrogen-bond acceptors (Lipinski definition) is 2. The fourth-order valence-corrected chi connectivity index (χ4v) is 4.17. The SMILES string of the molecule is CC(C)c1ccccc1-n1nc(-c2cccc3ccccc23)c2c1NCC2. The summed E-state index contributed by atoms with van der Waals surface area (Å²) in [6.07, 6.45) is 1.01. The van der Waals surface area contributed by atoms with Crippen LogP contribution in [0.2, 0.25) is 0 Å². The Morgan fingerprint density at radius 3 is 2.59 bits per heavy atom. The molecule has 5 rings (SSSR count). The summed E-state index contributed by atoms with van der Waals surface area (Å²) in [6, 6.07) is 23.7.